The fourth-order valence-corrected chi connectivity index (χ4v) is 4.15. The summed E-state index contributed by atoms with van der Waals surface area (Å²) < 4.78 is 0. The summed E-state index contributed by atoms with van der Waals surface area (Å²) in [4.78, 5) is 19.3. The first-order valence-electron chi connectivity index (χ1n) is 10.5. The maximum Gasteiger partial charge on any atom is 0.246 e. The van der Waals surface area contributed by atoms with Crippen LogP contribution in [0.3, 0.4) is 0 Å². The predicted molar refractivity (Wildman–Crippen MR) is 123 cm³/mol. The molecule has 1 aliphatic rings. The number of nitrogens with zero attached hydrogens (tertiary/aromatic N) is 2. The van der Waals surface area contributed by atoms with Crippen molar-refractivity contribution in [2.45, 2.75) is 46.5 Å². The Balaban J connectivity index is 0.00000320. The topological polar surface area (TPSA) is 33.2 Å². The lowest BCUT2D eigenvalue weighted by Gasteiger charge is -2.35. The third-order valence-corrected chi connectivity index (χ3v) is 5.70. The van der Waals surface area contributed by atoms with E-state index in [1.54, 1.807) is 6.08 Å². The second-order valence-electron chi connectivity index (χ2n) is 9.10. The second-order valence-corrected chi connectivity index (χ2v) is 9.10. The molecule has 0 bridgehead atoms. The molecule has 1 amide bonds. The molecular weight excluding hydrogens is 356 g/mol. The smallest absolute Gasteiger partial charge is 0.246 e. The summed E-state index contributed by atoms with van der Waals surface area (Å²) in [6.45, 7) is 14.1. The highest BCUT2D eigenvalue weighted by molar-refractivity contribution is 5.87. The number of rotatable bonds is 4. The van der Waals surface area contributed by atoms with Gasteiger partial charge < -0.3 is 4.90 Å². The molecule has 1 saturated heterocycles. The van der Waals surface area contributed by atoms with Crippen LogP contribution in [0, 0.1) is 11.3 Å². The van der Waals surface area contributed by atoms with Gasteiger partial charge in [-0.05, 0) is 41.5 Å². The minimum absolute atomic E-state index is 0. The lowest BCUT2D eigenvalue weighted by Crippen LogP contribution is -2.40. The van der Waals surface area contributed by atoms with Crippen LogP contribution in [0.25, 0.3) is 10.9 Å². The number of piperidine rings is 1. The largest absolute Gasteiger partial charge is 0.339 e. The minimum atomic E-state index is 0. The van der Waals surface area contributed by atoms with Gasteiger partial charge in [0.2, 0.25) is 5.91 Å². The van der Waals surface area contributed by atoms with E-state index in [1.807, 2.05) is 23.2 Å². The fourth-order valence-electron chi connectivity index (χ4n) is 4.15. The number of allylic oxidation sites excluding steroid dienone is 1. The molecular formula is C26H34N2O. The van der Waals surface area contributed by atoms with Gasteiger partial charge in [0.1, 0.15) is 0 Å². The number of hydrogen-bond acceptors (Lipinski definition) is 2. The van der Waals surface area contributed by atoms with Crippen LogP contribution in [0.5, 0.6) is 0 Å². The van der Waals surface area contributed by atoms with Crippen LogP contribution in [0.4, 0.5) is 0 Å². The Bertz CT molecular complexity index is 961. The molecule has 1 unspecified atom stereocenters. The van der Waals surface area contributed by atoms with E-state index in [9.17, 15) is 4.79 Å². The number of hydrogen-bond donors (Lipinski definition) is 0. The molecule has 0 saturated carbocycles. The molecule has 0 radical (unpaired) electrons. The molecule has 3 heteroatoms. The van der Waals surface area contributed by atoms with Crippen LogP contribution in [0.15, 0.2) is 66.6 Å². The van der Waals surface area contributed by atoms with E-state index in [4.69, 9.17) is 0 Å². The third-order valence-electron chi connectivity index (χ3n) is 5.70. The van der Waals surface area contributed by atoms with E-state index >= 15 is 0 Å². The zero-order chi connectivity index (χ0) is 21.0. The summed E-state index contributed by atoms with van der Waals surface area (Å²) in [7, 11) is 0. The molecule has 1 aromatic heterocycles. The van der Waals surface area contributed by atoms with E-state index in [1.165, 1.54) is 11.1 Å². The number of aromatic nitrogens is 1. The van der Waals surface area contributed by atoms with Crippen LogP contribution >= 0.6 is 0 Å². The van der Waals surface area contributed by atoms with Crippen LogP contribution in [-0.2, 0) is 4.79 Å². The van der Waals surface area contributed by atoms with Gasteiger partial charge >= 0.3 is 0 Å². The van der Waals surface area contributed by atoms with Gasteiger partial charge in [0.25, 0.3) is 0 Å². The van der Waals surface area contributed by atoms with Crippen molar-refractivity contribution in [3.8, 4) is 0 Å². The van der Waals surface area contributed by atoms with Crippen molar-refractivity contribution >= 4 is 16.8 Å². The molecule has 3 nitrogen and oxygen atoms in total. The number of fused-ring (bicyclic) bond motifs is 1. The number of amides is 1. The van der Waals surface area contributed by atoms with Crippen molar-refractivity contribution in [3.63, 3.8) is 0 Å². The summed E-state index contributed by atoms with van der Waals surface area (Å²) in [6, 6.07) is 10.4. The van der Waals surface area contributed by atoms with Gasteiger partial charge in [0, 0.05) is 37.9 Å². The number of benzene rings is 1. The Hall–Kier alpha value is -2.64. The zero-order valence-corrected chi connectivity index (χ0v) is 18.1. The summed E-state index contributed by atoms with van der Waals surface area (Å²) in [5.41, 5.74) is 6.65. The highest BCUT2D eigenvalue weighted by Crippen LogP contribution is 2.36. The number of carbonyl (C=O) groups is 1. The number of likely N-dealkylation sites (tertiary alicyclic amines) is 1. The molecule has 2 heterocycles. The number of para-hydroxylation sites is 1. The lowest BCUT2D eigenvalue weighted by atomic mass is 9.80. The van der Waals surface area contributed by atoms with E-state index in [2.05, 4.69) is 69.3 Å². The van der Waals surface area contributed by atoms with Crippen LogP contribution in [-0.4, -0.2) is 28.9 Å². The summed E-state index contributed by atoms with van der Waals surface area (Å²) >= 11 is 0. The highest BCUT2D eigenvalue weighted by atomic mass is 16.2. The SMILES string of the molecule is C=C=C(C(C)c1cccc2cccnc12)[C@H]1CCCN(C(=O)C=CC(C)(C)C)C1.[HH]. The molecule has 3 rings (SSSR count). The second kappa shape index (κ2) is 8.80. The Kier molecular flexibility index (Phi) is 6.39. The minimum Gasteiger partial charge on any atom is -0.339 e. The van der Waals surface area contributed by atoms with Crippen molar-refractivity contribution < 1.29 is 6.22 Å². The van der Waals surface area contributed by atoms with E-state index in [0.717, 1.165) is 36.8 Å². The van der Waals surface area contributed by atoms with Crippen molar-refractivity contribution in [2.75, 3.05) is 13.1 Å². The third kappa shape index (κ3) is 5.05. The lowest BCUT2D eigenvalue weighted by molar-refractivity contribution is -0.127. The van der Waals surface area contributed by atoms with Gasteiger partial charge in [-0.2, -0.15) is 0 Å². The maximum atomic E-state index is 12.7. The van der Waals surface area contributed by atoms with Crippen LogP contribution in [0.1, 0.15) is 53.4 Å². The molecule has 2 atom stereocenters. The molecule has 0 aliphatic carbocycles. The van der Waals surface area contributed by atoms with Gasteiger partial charge in [0.05, 0.1) is 5.52 Å². The molecule has 2 aromatic rings. The molecule has 0 spiro atoms. The van der Waals surface area contributed by atoms with Gasteiger partial charge in [0.15, 0.2) is 0 Å². The number of pyridine rings is 1. The molecule has 1 aromatic carbocycles. The van der Waals surface area contributed by atoms with Crippen molar-refractivity contribution in [1.29, 1.82) is 0 Å². The van der Waals surface area contributed by atoms with E-state index in [0.29, 0.717) is 0 Å². The van der Waals surface area contributed by atoms with Crippen LogP contribution < -0.4 is 0 Å². The zero-order valence-electron chi connectivity index (χ0n) is 18.1. The maximum absolute atomic E-state index is 12.7. The first-order chi connectivity index (χ1) is 13.8. The van der Waals surface area contributed by atoms with Gasteiger partial charge in [-0.3, -0.25) is 9.78 Å². The molecule has 154 valence electrons. The molecule has 29 heavy (non-hydrogen) atoms. The quantitative estimate of drug-likeness (QED) is 0.464. The van der Waals surface area contributed by atoms with Crippen molar-refractivity contribution in [1.82, 2.24) is 9.88 Å². The average molecular weight is 391 g/mol. The van der Waals surface area contributed by atoms with Crippen molar-refractivity contribution in [3.05, 3.63) is 72.1 Å². The molecule has 0 N–H and O–H groups in total. The fraction of sp³-hybridized carbons (Fsp3) is 0.423. The Morgan fingerprint density at radius 2 is 2.10 bits per heavy atom. The first kappa shape index (κ1) is 21.1. The number of carbonyl (C=O) groups excluding carboxylic acids is 1. The predicted octanol–water partition coefficient (Wildman–Crippen LogP) is 6.14. The molecule has 1 fully saturated rings. The van der Waals surface area contributed by atoms with E-state index in [-0.39, 0.29) is 24.6 Å². The Morgan fingerprint density at radius 3 is 2.83 bits per heavy atom. The summed E-state index contributed by atoms with van der Waals surface area (Å²) in [6.07, 6.45) is 7.64. The Morgan fingerprint density at radius 1 is 1.34 bits per heavy atom. The van der Waals surface area contributed by atoms with Gasteiger partial charge in [-0.25, -0.2) is 0 Å². The monoisotopic (exact) mass is 390 g/mol. The normalized spacial score (nSPS) is 18.6. The van der Waals surface area contributed by atoms with Crippen molar-refractivity contribution in [2.24, 2.45) is 11.3 Å². The standard InChI is InChI=1S/C26H32N2O.H2/c1-6-22(19(2)23-13-7-10-20-11-8-16-27-25(20)23)21-12-9-17-28(18-21)24(29)14-15-26(3,4)5;/h7-8,10-11,13-16,19,21H,1,9,12,17-18H2,2-5H3;1H/t19?,21-;/m0./s1. The van der Waals surface area contributed by atoms with Gasteiger partial charge in [-0.15, -0.1) is 5.73 Å². The highest BCUT2D eigenvalue weighted by Gasteiger charge is 2.29. The summed E-state index contributed by atoms with van der Waals surface area (Å²) in [5, 5.41) is 1.15. The average Bonchev–Trinajstić information content (AvgIpc) is 2.71. The Labute approximate surface area is 176 Å². The van der Waals surface area contributed by atoms with Gasteiger partial charge in [-0.1, -0.05) is 64.6 Å². The summed E-state index contributed by atoms with van der Waals surface area (Å²) in [5.74, 6) is 0.547. The first-order valence-corrected chi connectivity index (χ1v) is 10.5. The molecule has 1 aliphatic heterocycles. The van der Waals surface area contributed by atoms with E-state index < -0.39 is 0 Å². The van der Waals surface area contributed by atoms with Crippen LogP contribution in [0.2, 0.25) is 0 Å².